The van der Waals surface area contributed by atoms with Crippen molar-refractivity contribution in [3.8, 4) is 11.5 Å². The number of ether oxygens (including phenoxy) is 4. The molecule has 0 atom stereocenters. The quantitative estimate of drug-likeness (QED) is 0.0677. The molecule has 0 saturated heterocycles. The lowest BCUT2D eigenvalue weighted by atomic mass is 9.87. The van der Waals surface area contributed by atoms with Crippen molar-refractivity contribution in [2.75, 3.05) is 39.6 Å². The maximum Gasteiger partial charge on any atom is 0.174 e. The van der Waals surface area contributed by atoms with E-state index in [1.54, 1.807) is 0 Å². The van der Waals surface area contributed by atoms with E-state index in [1.807, 2.05) is 133 Å². The van der Waals surface area contributed by atoms with E-state index >= 15 is 9.13 Å². The lowest BCUT2D eigenvalue weighted by Gasteiger charge is -2.26. The van der Waals surface area contributed by atoms with Crippen LogP contribution in [0.3, 0.4) is 0 Å². The Kier molecular flexibility index (Phi) is 14.0. The molecule has 0 radical (unpaired) electrons. The normalized spacial score (nSPS) is 12.3. The van der Waals surface area contributed by atoms with E-state index in [1.165, 1.54) is 0 Å². The van der Waals surface area contributed by atoms with E-state index in [0.29, 0.717) is 48.5 Å². The van der Waals surface area contributed by atoms with E-state index < -0.39 is 14.3 Å². The zero-order valence-corrected chi connectivity index (χ0v) is 36.4. The van der Waals surface area contributed by atoms with Crippen LogP contribution in [-0.4, -0.2) is 39.6 Å². The van der Waals surface area contributed by atoms with Crippen LogP contribution in [0.2, 0.25) is 0 Å². The van der Waals surface area contributed by atoms with Crippen LogP contribution in [0.25, 0.3) is 0 Å². The molecular weight excluding hydrogens is 758 g/mol. The molecule has 0 aromatic heterocycles. The Morgan fingerprint density at radius 1 is 0.379 bits per heavy atom. The van der Waals surface area contributed by atoms with Crippen molar-refractivity contribution >= 4 is 46.1 Å². The summed E-state index contributed by atoms with van der Waals surface area (Å²) >= 11 is 0. The van der Waals surface area contributed by atoms with E-state index in [-0.39, 0.29) is 24.0 Å². The standard InChI is InChI=1S/C50H56O6P2/c1-49(2,3)39-27-29-45(47(37-39)57(51,41-19-11-7-12-20-41)42-21-13-8-14-22-42)55-35-33-53-31-32-54-34-36-56-46-30-28-40(50(4,5)6)38-48(46)58(52,43-23-15-9-16-24-43)44-25-17-10-18-26-44/h7-30,37-38H,31-36H2,1-6H3. The molecule has 6 nitrogen and oxygen atoms in total. The largest absolute Gasteiger partial charge is 0.490 e. The van der Waals surface area contributed by atoms with Crippen LogP contribution in [0.15, 0.2) is 158 Å². The summed E-state index contributed by atoms with van der Waals surface area (Å²) in [4.78, 5) is 0. The lowest BCUT2D eigenvalue weighted by Crippen LogP contribution is -2.28. The third-order valence-corrected chi connectivity index (χ3v) is 16.3. The molecule has 0 bridgehead atoms. The second-order valence-electron chi connectivity index (χ2n) is 16.3. The van der Waals surface area contributed by atoms with E-state index in [4.69, 9.17) is 18.9 Å². The van der Waals surface area contributed by atoms with Crippen molar-refractivity contribution in [2.45, 2.75) is 52.4 Å². The van der Waals surface area contributed by atoms with Gasteiger partial charge in [0, 0.05) is 21.2 Å². The van der Waals surface area contributed by atoms with Gasteiger partial charge in [-0.3, -0.25) is 0 Å². The first-order valence-electron chi connectivity index (χ1n) is 20.0. The Bertz CT molecular complexity index is 2060. The fourth-order valence-electron chi connectivity index (χ4n) is 6.85. The SMILES string of the molecule is CC(C)(C)c1ccc(OCCOCCOCCOc2ccc(C(C)(C)C)cc2P(=O)(c2ccccc2)c2ccccc2)c(P(=O)(c2ccccc2)c2ccccc2)c1. The minimum Gasteiger partial charge on any atom is -0.490 e. The smallest absolute Gasteiger partial charge is 0.174 e. The van der Waals surface area contributed by atoms with Crippen LogP contribution in [0, 0.1) is 0 Å². The average molecular weight is 815 g/mol. The third kappa shape index (κ3) is 9.93. The monoisotopic (exact) mass is 814 g/mol. The fourth-order valence-corrected chi connectivity index (χ4v) is 12.5. The first kappa shape index (κ1) is 42.9. The first-order chi connectivity index (χ1) is 27.8. The Morgan fingerprint density at radius 3 is 0.931 bits per heavy atom. The summed E-state index contributed by atoms with van der Waals surface area (Å²) < 4.78 is 55.2. The van der Waals surface area contributed by atoms with Crippen LogP contribution >= 0.6 is 14.3 Å². The molecule has 0 aliphatic carbocycles. The Hall–Kier alpha value is -4.70. The molecule has 0 heterocycles. The lowest BCUT2D eigenvalue weighted by molar-refractivity contribution is 0.0275. The highest BCUT2D eigenvalue weighted by Crippen LogP contribution is 2.47. The topological polar surface area (TPSA) is 71.1 Å². The molecule has 0 N–H and O–H groups in total. The van der Waals surface area contributed by atoms with E-state index in [9.17, 15) is 0 Å². The van der Waals surface area contributed by atoms with Gasteiger partial charge >= 0.3 is 0 Å². The van der Waals surface area contributed by atoms with Crippen molar-refractivity contribution in [2.24, 2.45) is 0 Å². The minimum atomic E-state index is -3.28. The van der Waals surface area contributed by atoms with Gasteiger partial charge in [0.1, 0.15) is 24.7 Å². The van der Waals surface area contributed by atoms with E-state index in [2.05, 4.69) is 65.8 Å². The minimum absolute atomic E-state index is 0.148. The summed E-state index contributed by atoms with van der Waals surface area (Å²) in [6.45, 7) is 14.9. The van der Waals surface area contributed by atoms with Gasteiger partial charge in [-0.1, -0.05) is 175 Å². The molecule has 58 heavy (non-hydrogen) atoms. The molecule has 0 saturated carbocycles. The zero-order chi connectivity index (χ0) is 41.2. The van der Waals surface area contributed by atoms with E-state index in [0.717, 1.165) is 32.3 Å². The van der Waals surface area contributed by atoms with Gasteiger partial charge < -0.3 is 28.1 Å². The second kappa shape index (κ2) is 18.9. The maximum absolute atomic E-state index is 15.4. The van der Waals surface area contributed by atoms with Crippen molar-refractivity contribution < 1.29 is 28.1 Å². The molecule has 0 unspecified atom stereocenters. The molecule has 6 aromatic carbocycles. The van der Waals surface area contributed by atoms with Crippen molar-refractivity contribution in [1.29, 1.82) is 0 Å². The maximum atomic E-state index is 15.4. The fraction of sp³-hybridized carbons (Fsp3) is 0.280. The summed E-state index contributed by atoms with van der Waals surface area (Å²) in [7, 11) is -6.56. The molecule has 0 spiro atoms. The number of hydrogen-bond acceptors (Lipinski definition) is 6. The van der Waals surface area contributed by atoms with Gasteiger partial charge in [0.15, 0.2) is 14.3 Å². The number of benzene rings is 6. The summed E-state index contributed by atoms with van der Waals surface area (Å²) in [5.74, 6) is 1.17. The second-order valence-corrected chi connectivity index (χ2v) is 21.8. The number of hydrogen-bond donors (Lipinski definition) is 0. The Morgan fingerprint density at radius 2 is 0.655 bits per heavy atom. The van der Waals surface area contributed by atoms with Gasteiger partial charge in [-0.25, -0.2) is 0 Å². The molecule has 302 valence electrons. The van der Waals surface area contributed by atoms with Crippen LogP contribution in [0.1, 0.15) is 52.7 Å². The molecule has 0 aliphatic heterocycles. The van der Waals surface area contributed by atoms with Gasteiger partial charge in [-0.05, 0) is 46.2 Å². The first-order valence-corrected chi connectivity index (χ1v) is 23.4. The molecule has 0 amide bonds. The van der Waals surface area contributed by atoms with Gasteiger partial charge in [0.2, 0.25) is 0 Å². The highest BCUT2D eigenvalue weighted by molar-refractivity contribution is 7.86. The summed E-state index contributed by atoms with van der Waals surface area (Å²) in [6.07, 6.45) is 0. The summed E-state index contributed by atoms with van der Waals surface area (Å²) in [5.41, 5.74) is 1.87. The average Bonchev–Trinajstić information content (AvgIpc) is 3.24. The highest BCUT2D eigenvalue weighted by Gasteiger charge is 2.35. The van der Waals surface area contributed by atoms with Gasteiger partial charge in [-0.2, -0.15) is 0 Å². The van der Waals surface area contributed by atoms with Crippen molar-refractivity contribution in [3.63, 3.8) is 0 Å². The van der Waals surface area contributed by atoms with Crippen LogP contribution in [0.5, 0.6) is 11.5 Å². The highest BCUT2D eigenvalue weighted by atomic mass is 31.2. The predicted molar refractivity (Wildman–Crippen MR) is 242 cm³/mol. The summed E-state index contributed by atoms with van der Waals surface area (Å²) in [5, 5.41) is 4.40. The number of rotatable bonds is 17. The van der Waals surface area contributed by atoms with Crippen LogP contribution in [0.4, 0.5) is 0 Å². The van der Waals surface area contributed by atoms with Crippen LogP contribution in [-0.2, 0) is 29.4 Å². The Balaban J connectivity index is 1.07. The van der Waals surface area contributed by atoms with Crippen LogP contribution < -0.4 is 41.3 Å². The molecular formula is C50H56O6P2. The Labute approximate surface area is 345 Å². The predicted octanol–water partition coefficient (Wildman–Crippen LogP) is 9.05. The van der Waals surface area contributed by atoms with Gasteiger partial charge in [-0.15, -0.1) is 0 Å². The molecule has 0 aliphatic rings. The summed E-state index contributed by atoms with van der Waals surface area (Å²) in [6, 6.07) is 50.8. The third-order valence-electron chi connectivity index (χ3n) is 10.2. The van der Waals surface area contributed by atoms with Gasteiger partial charge in [0.25, 0.3) is 0 Å². The zero-order valence-electron chi connectivity index (χ0n) is 34.6. The molecule has 8 heteroatoms. The molecule has 6 aromatic rings. The van der Waals surface area contributed by atoms with Crippen molar-refractivity contribution in [1.82, 2.24) is 0 Å². The van der Waals surface area contributed by atoms with Gasteiger partial charge in [0.05, 0.1) is 37.0 Å². The molecule has 6 rings (SSSR count). The van der Waals surface area contributed by atoms with Crippen molar-refractivity contribution in [3.05, 3.63) is 169 Å². The molecule has 0 fully saturated rings.